The molecule has 2 aliphatic heterocycles. The van der Waals surface area contributed by atoms with Crippen molar-refractivity contribution in [3.8, 4) is 0 Å². The van der Waals surface area contributed by atoms with Gasteiger partial charge in [0.25, 0.3) is 0 Å². The van der Waals surface area contributed by atoms with Gasteiger partial charge in [0.15, 0.2) is 0 Å². The Hall–Kier alpha value is -1.24. The summed E-state index contributed by atoms with van der Waals surface area (Å²) in [6.07, 6.45) is -0.348. The van der Waals surface area contributed by atoms with Crippen molar-refractivity contribution < 1.29 is 18.8 Å². The number of hydrogen-bond acceptors (Lipinski definition) is 4. The van der Waals surface area contributed by atoms with E-state index in [1.165, 1.54) is 0 Å². The van der Waals surface area contributed by atoms with Gasteiger partial charge in [0.1, 0.15) is 6.61 Å². The van der Waals surface area contributed by atoms with Crippen LogP contribution in [0.25, 0.3) is 0 Å². The van der Waals surface area contributed by atoms with Crippen molar-refractivity contribution in [3.63, 3.8) is 0 Å². The minimum Gasteiger partial charge on any atom is -0.447 e. The number of ether oxygens (including phenoxy) is 1. The predicted molar refractivity (Wildman–Crippen MR) is 85.9 cm³/mol. The Bertz CT molecular complexity index is 604. The molecule has 0 aromatic heterocycles. The number of halogens is 1. The molecule has 118 valence electrons. The summed E-state index contributed by atoms with van der Waals surface area (Å²) in [4.78, 5) is 13.2. The third-order valence-corrected chi connectivity index (χ3v) is 4.89. The lowest BCUT2D eigenvalue weighted by Crippen LogP contribution is -2.41. The van der Waals surface area contributed by atoms with Crippen molar-refractivity contribution in [2.45, 2.75) is 38.9 Å². The monoisotopic (exact) mass is 323 g/mol. The highest BCUT2D eigenvalue weighted by molar-refractivity contribution is 6.65. The maximum absolute atomic E-state index is 11.6. The first kappa shape index (κ1) is 15.7. The second-order valence-corrected chi connectivity index (χ2v) is 6.97. The van der Waals surface area contributed by atoms with Gasteiger partial charge in [0, 0.05) is 16.2 Å². The lowest BCUT2D eigenvalue weighted by molar-refractivity contribution is 0.00578. The maximum Gasteiger partial charge on any atom is 0.496 e. The molecule has 0 aliphatic carbocycles. The fraction of sp³-hybridized carbons (Fsp3) is 0.533. The van der Waals surface area contributed by atoms with Crippen LogP contribution in [0.1, 0.15) is 27.7 Å². The molecule has 0 spiro atoms. The Labute approximate surface area is 135 Å². The smallest absolute Gasteiger partial charge is 0.447 e. The number of hydrogen-bond donors (Lipinski definition) is 0. The van der Waals surface area contributed by atoms with Crippen LogP contribution in [-0.4, -0.2) is 37.6 Å². The molecule has 7 heteroatoms. The van der Waals surface area contributed by atoms with Gasteiger partial charge in [-0.2, -0.15) is 0 Å². The number of amides is 1. The van der Waals surface area contributed by atoms with Crippen LogP contribution in [-0.2, 0) is 14.0 Å². The molecule has 22 heavy (non-hydrogen) atoms. The van der Waals surface area contributed by atoms with Gasteiger partial charge in [0.05, 0.1) is 17.7 Å². The summed E-state index contributed by atoms with van der Waals surface area (Å²) in [5.41, 5.74) is 0.640. The molecule has 1 aromatic rings. The summed E-state index contributed by atoms with van der Waals surface area (Å²) in [5, 5.41) is 0.510. The molecule has 0 atom stereocenters. The standard InChI is InChI=1S/C15H19BClNO4/c1-14(2)15(3,4)22-16(21-14)11-6-5-10(9-12(11)17)18-7-8-20-13(18)19/h5-6,9H,7-8H2,1-4H3. The van der Waals surface area contributed by atoms with E-state index in [2.05, 4.69) is 0 Å². The van der Waals surface area contributed by atoms with Crippen molar-refractivity contribution in [1.29, 1.82) is 0 Å². The summed E-state index contributed by atoms with van der Waals surface area (Å²) in [7, 11) is -0.517. The fourth-order valence-corrected chi connectivity index (χ4v) is 2.74. The zero-order valence-corrected chi connectivity index (χ0v) is 13.9. The normalized spacial score (nSPS) is 23.0. The van der Waals surface area contributed by atoms with Crippen molar-refractivity contribution in [2.24, 2.45) is 0 Å². The summed E-state index contributed by atoms with van der Waals surface area (Å²) in [5.74, 6) is 0. The second-order valence-electron chi connectivity index (χ2n) is 6.56. The number of benzene rings is 1. The van der Waals surface area contributed by atoms with Crippen molar-refractivity contribution >= 4 is 36.0 Å². The Balaban J connectivity index is 1.86. The molecular formula is C15H19BClNO4. The Morgan fingerprint density at radius 2 is 1.82 bits per heavy atom. The topological polar surface area (TPSA) is 48.0 Å². The molecule has 0 unspecified atom stereocenters. The number of cyclic esters (lactones) is 1. The Morgan fingerprint density at radius 1 is 1.18 bits per heavy atom. The third-order valence-electron chi connectivity index (χ3n) is 4.56. The SMILES string of the molecule is CC1(C)OB(c2ccc(N3CCOC3=O)cc2Cl)OC1(C)C. The molecule has 0 N–H and O–H groups in total. The molecule has 0 radical (unpaired) electrons. The molecule has 0 bridgehead atoms. The molecule has 5 nitrogen and oxygen atoms in total. The van der Waals surface area contributed by atoms with Gasteiger partial charge < -0.3 is 14.0 Å². The average Bonchev–Trinajstić information content (AvgIpc) is 2.91. The summed E-state index contributed by atoms with van der Waals surface area (Å²) in [6.45, 7) is 8.91. The van der Waals surface area contributed by atoms with E-state index in [9.17, 15) is 4.79 Å². The number of rotatable bonds is 2. The van der Waals surface area contributed by atoms with E-state index < -0.39 is 18.3 Å². The maximum atomic E-state index is 11.6. The van der Waals surface area contributed by atoms with Gasteiger partial charge >= 0.3 is 13.2 Å². The Morgan fingerprint density at radius 3 is 2.32 bits per heavy atom. The van der Waals surface area contributed by atoms with Crippen molar-refractivity contribution in [2.75, 3.05) is 18.1 Å². The van der Waals surface area contributed by atoms with E-state index in [4.69, 9.17) is 25.6 Å². The molecular weight excluding hydrogens is 304 g/mol. The first-order valence-corrected chi connectivity index (χ1v) is 7.68. The van der Waals surface area contributed by atoms with Gasteiger partial charge in [0.2, 0.25) is 0 Å². The third kappa shape index (κ3) is 2.49. The Kier molecular flexibility index (Phi) is 3.66. The molecule has 0 saturated carbocycles. The lowest BCUT2D eigenvalue weighted by atomic mass is 9.79. The summed E-state index contributed by atoms with van der Waals surface area (Å²) < 4.78 is 16.9. The number of carbonyl (C=O) groups excluding carboxylic acids is 1. The van der Waals surface area contributed by atoms with Crippen LogP contribution in [0.4, 0.5) is 10.5 Å². The van der Waals surface area contributed by atoms with Gasteiger partial charge in [-0.1, -0.05) is 17.7 Å². The largest absolute Gasteiger partial charge is 0.496 e. The van der Waals surface area contributed by atoms with Crippen LogP contribution in [0.15, 0.2) is 18.2 Å². The number of nitrogens with zero attached hydrogens (tertiary/aromatic N) is 1. The van der Waals surface area contributed by atoms with Crippen LogP contribution < -0.4 is 10.4 Å². The van der Waals surface area contributed by atoms with Crippen LogP contribution >= 0.6 is 11.6 Å². The number of carbonyl (C=O) groups is 1. The van der Waals surface area contributed by atoms with Gasteiger partial charge in [-0.25, -0.2) is 4.79 Å². The zero-order chi connectivity index (χ0) is 16.1. The molecule has 3 rings (SSSR count). The highest BCUT2D eigenvalue weighted by Crippen LogP contribution is 2.37. The van der Waals surface area contributed by atoms with Gasteiger partial charge in [-0.3, -0.25) is 4.90 Å². The zero-order valence-electron chi connectivity index (χ0n) is 13.2. The first-order valence-electron chi connectivity index (χ1n) is 7.31. The van der Waals surface area contributed by atoms with E-state index in [0.29, 0.717) is 23.9 Å². The van der Waals surface area contributed by atoms with Crippen LogP contribution in [0, 0.1) is 0 Å². The second kappa shape index (κ2) is 5.15. The van der Waals surface area contributed by atoms with Crippen LogP contribution in [0.5, 0.6) is 0 Å². The summed E-state index contributed by atoms with van der Waals surface area (Å²) in [6, 6.07) is 5.42. The minimum atomic E-state index is -0.517. The molecule has 1 amide bonds. The minimum absolute atomic E-state index is 0.348. The van der Waals surface area contributed by atoms with E-state index in [0.717, 1.165) is 5.46 Å². The van der Waals surface area contributed by atoms with Crippen molar-refractivity contribution in [3.05, 3.63) is 23.2 Å². The van der Waals surface area contributed by atoms with E-state index in [1.807, 2.05) is 39.8 Å². The quantitative estimate of drug-likeness (QED) is 0.785. The molecule has 1 aromatic carbocycles. The summed E-state index contributed by atoms with van der Waals surface area (Å²) >= 11 is 6.38. The van der Waals surface area contributed by atoms with Crippen LogP contribution in [0.3, 0.4) is 0 Å². The predicted octanol–water partition coefficient (Wildman–Crippen LogP) is 2.60. The van der Waals surface area contributed by atoms with E-state index in [1.54, 1.807) is 11.0 Å². The molecule has 2 heterocycles. The van der Waals surface area contributed by atoms with Gasteiger partial charge in [-0.05, 0) is 39.8 Å². The number of anilines is 1. The van der Waals surface area contributed by atoms with Gasteiger partial charge in [-0.15, -0.1) is 0 Å². The van der Waals surface area contributed by atoms with E-state index in [-0.39, 0.29) is 6.09 Å². The first-order chi connectivity index (χ1) is 10.2. The average molecular weight is 324 g/mol. The lowest BCUT2D eigenvalue weighted by Gasteiger charge is -2.32. The van der Waals surface area contributed by atoms with Crippen LogP contribution in [0.2, 0.25) is 5.02 Å². The van der Waals surface area contributed by atoms with E-state index >= 15 is 0 Å². The molecule has 2 saturated heterocycles. The highest BCUT2D eigenvalue weighted by atomic mass is 35.5. The molecule has 2 fully saturated rings. The fourth-order valence-electron chi connectivity index (χ4n) is 2.47. The van der Waals surface area contributed by atoms with Crippen molar-refractivity contribution in [1.82, 2.24) is 0 Å². The highest BCUT2D eigenvalue weighted by Gasteiger charge is 2.52. The molecule has 2 aliphatic rings.